The zero-order chi connectivity index (χ0) is 16.7. The summed E-state index contributed by atoms with van der Waals surface area (Å²) < 4.78 is 4.75. The topological polar surface area (TPSA) is 78.9 Å². The first kappa shape index (κ1) is 17.5. The Hall–Kier alpha value is -1.83. The van der Waals surface area contributed by atoms with E-state index in [2.05, 4.69) is 27.5 Å². The van der Waals surface area contributed by atoms with Crippen LogP contribution in [0.25, 0.3) is 0 Å². The van der Waals surface area contributed by atoms with Crippen LogP contribution in [0.5, 0.6) is 0 Å². The summed E-state index contributed by atoms with van der Waals surface area (Å²) in [5, 5.41) is 7.77. The summed E-state index contributed by atoms with van der Waals surface area (Å²) >= 11 is 1.72. The van der Waals surface area contributed by atoms with Crippen LogP contribution in [0.15, 0.2) is 11.2 Å². The maximum atomic E-state index is 11.5. The van der Waals surface area contributed by atoms with Crippen molar-refractivity contribution in [1.29, 1.82) is 0 Å². The predicted molar refractivity (Wildman–Crippen MR) is 91.8 cm³/mol. The third-order valence-electron chi connectivity index (χ3n) is 3.85. The first-order valence-electron chi connectivity index (χ1n) is 7.90. The summed E-state index contributed by atoms with van der Waals surface area (Å²) in [6.45, 7) is 4.21. The van der Waals surface area contributed by atoms with Gasteiger partial charge in [0.2, 0.25) is 0 Å². The van der Waals surface area contributed by atoms with Crippen molar-refractivity contribution < 1.29 is 9.53 Å². The van der Waals surface area contributed by atoms with Crippen LogP contribution in [-0.4, -0.2) is 55.2 Å². The number of likely N-dealkylation sites (tertiary alicyclic amines) is 1. The number of aryl methyl sites for hydroxylation is 1. The highest BCUT2D eigenvalue weighted by atomic mass is 32.1. The number of ether oxygens (including phenoxy) is 1. The van der Waals surface area contributed by atoms with Crippen LogP contribution in [0.1, 0.15) is 29.7 Å². The van der Waals surface area contributed by atoms with Gasteiger partial charge < -0.3 is 20.3 Å². The smallest absolute Gasteiger partial charge is 0.409 e. The fourth-order valence-electron chi connectivity index (χ4n) is 2.48. The van der Waals surface area contributed by atoms with Gasteiger partial charge in [-0.25, -0.2) is 9.78 Å². The molecule has 1 aromatic rings. The van der Waals surface area contributed by atoms with E-state index in [0.29, 0.717) is 25.7 Å². The first-order valence-corrected chi connectivity index (χ1v) is 8.71. The minimum atomic E-state index is -0.249. The lowest BCUT2D eigenvalue weighted by molar-refractivity contribution is 0.111. The van der Waals surface area contributed by atoms with Crippen LogP contribution in [-0.2, 0) is 17.7 Å². The number of rotatable bonds is 4. The lowest BCUT2D eigenvalue weighted by atomic mass is 10.1. The summed E-state index contributed by atoms with van der Waals surface area (Å²) in [6, 6.07) is 0.310. The standard InChI is InChI=1S/C15H25N5O2S/c1-4-12-9-17-13(23-12)10-18-14(16-2)19-11-5-7-20(8-6-11)15(21)22-3/h9,11H,4-8,10H2,1-3H3,(H2,16,18,19). The average Bonchev–Trinajstić information content (AvgIpc) is 3.06. The third-order valence-corrected chi connectivity index (χ3v) is 4.99. The van der Waals surface area contributed by atoms with Crippen molar-refractivity contribution >= 4 is 23.4 Å². The Morgan fingerprint density at radius 1 is 1.52 bits per heavy atom. The number of hydrogen-bond donors (Lipinski definition) is 2. The molecule has 1 fully saturated rings. The van der Waals surface area contributed by atoms with Crippen molar-refractivity contribution in [2.45, 2.75) is 38.8 Å². The van der Waals surface area contributed by atoms with Gasteiger partial charge >= 0.3 is 6.09 Å². The van der Waals surface area contributed by atoms with Crippen LogP contribution in [0.2, 0.25) is 0 Å². The molecule has 2 heterocycles. The number of hydrogen-bond acceptors (Lipinski definition) is 5. The van der Waals surface area contributed by atoms with Gasteiger partial charge in [-0.3, -0.25) is 4.99 Å². The van der Waals surface area contributed by atoms with E-state index >= 15 is 0 Å². The Morgan fingerprint density at radius 2 is 2.26 bits per heavy atom. The number of amides is 1. The summed E-state index contributed by atoms with van der Waals surface area (Å²) in [5.41, 5.74) is 0. The number of thiazole rings is 1. The van der Waals surface area contributed by atoms with Gasteiger partial charge in [0.05, 0.1) is 13.7 Å². The van der Waals surface area contributed by atoms with Crippen molar-refractivity contribution in [2.75, 3.05) is 27.2 Å². The normalized spacial score (nSPS) is 16.3. The molecule has 1 saturated heterocycles. The van der Waals surface area contributed by atoms with E-state index in [0.717, 1.165) is 30.2 Å². The number of carbonyl (C=O) groups is 1. The number of aliphatic imine (C=N–C) groups is 1. The van der Waals surface area contributed by atoms with E-state index in [4.69, 9.17) is 4.74 Å². The monoisotopic (exact) mass is 339 g/mol. The van der Waals surface area contributed by atoms with Crippen molar-refractivity contribution in [3.63, 3.8) is 0 Å². The summed E-state index contributed by atoms with van der Waals surface area (Å²) in [7, 11) is 3.18. The molecule has 0 atom stereocenters. The maximum Gasteiger partial charge on any atom is 0.409 e. The van der Waals surface area contributed by atoms with Crippen molar-refractivity contribution in [1.82, 2.24) is 20.5 Å². The highest BCUT2D eigenvalue weighted by molar-refractivity contribution is 7.11. The molecule has 1 aliphatic heterocycles. The Labute approximate surface area is 141 Å². The van der Waals surface area contributed by atoms with Gasteiger partial charge in [-0.05, 0) is 19.3 Å². The molecule has 0 radical (unpaired) electrons. The van der Waals surface area contributed by atoms with E-state index < -0.39 is 0 Å². The summed E-state index contributed by atoms with van der Waals surface area (Å²) in [4.78, 5) is 23.2. The summed E-state index contributed by atoms with van der Waals surface area (Å²) in [5.74, 6) is 0.773. The molecule has 23 heavy (non-hydrogen) atoms. The molecule has 1 aromatic heterocycles. The molecule has 2 rings (SSSR count). The molecule has 128 valence electrons. The van der Waals surface area contributed by atoms with Gasteiger partial charge in [-0.15, -0.1) is 11.3 Å². The number of guanidine groups is 1. The minimum Gasteiger partial charge on any atom is -0.453 e. The zero-order valence-corrected chi connectivity index (χ0v) is 14.8. The fourth-order valence-corrected chi connectivity index (χ4v) is 3.28. The molecule has 0 aromatic carbocycles. The Morgan fingerprint density at radius 3 is 2.83 bits per heavy atom. The molecule has 0 spiro atoms. The third kappa shape index (κ3) is 5.09. The van der Waals surface area contributed by atoms with Crippen molar-refractivity contribution in [2.24, 2.45) is 4.99 Å². The number of piperidine rings is 1. The Bertz CT molecular complexity index is 538. The molecular formula is C15H25N5O2S. The summed E-state index contributed by atoms with van der Waals surface area (Å²) in [6.07, 6.45) is 4.46. The molecule has 8 heteroatoms. The van der Waals surface area contributed by atoms with Gasteiger partial charge in [0.15, 0.2) is 5.96 Å². The lowest BCUT2D eigenvalue weighted by Gasteiger charge is -2.32. The largest absolute Gasteiger partial charge is 0.453 e. The highest BCUT2D eigenvalue weighted by Crippen LogP contribution is 2.13. The second kappa shape index (κ2) is 8.71. The quantitative estimate of drug-likeness (QED) is 0.643. The number of aromatic nitrogens is 1. The lowest BCUT2D eigenvalue weighted by Crippen LogP contribution is -2.49. The molecule has 0 unspecified atom stereocenters. The van der Waals surface area contributed by atoms with Crippen LogP contribution in [0, 0.1) is 0 Å². The Balaban J connectivity index is 1.76. The molecule has 1 amide bonds. The number of nitrogens with one attached hydrogen (secondary N) is 2. The molecular weight excluding hydrogens is 314 g/mol. The molecule has 7 nitrogen and oxygen atoms in total. The number of nitrogens with zero attached hydrogens (tertiary/aromatic N) is 3. The highest BCUT2D eigenvalue weighted by Gasteiger charge is 2.23. The fraction of sp³-hybridized carbons (Fsp3) is 0.667. The Kier molecular flexibility index (Phi) is 6.64. The molecule has 1 aliphatic rings. The maximum absolute atomic E-state index is 11.5. The van der Waals surface area contributed by atoms with E-state index in [1.807, 2.05) is 6.20 Å². The number of methoxy groups -OCH3 is 1. The molecule has 0 aliphatic carbocycles. The van der Waals surface area contributed by atoms with Gasteiger partial charge in [0.1, 0.15) is 5.01 Å². The van der Waals surface area contributed by atoms with Crippen LogP contribution < -0.4 is 10.6 Å². The zero-order valence-electron chi connectivity index (χ0n) is 14.0. The SMILES string of the molecule is CCc1cnc(CNC(=NC)NC2CCN(C(=O)OC)CC2)s1. The molecule has 2 N–H and O–H groups in total. The van der Waals surface area contributed by atoms with Crippen molar-refractivity contribution in [3.8, 4) is 0 Å². The molecule has 0 saturated carbocycles. The van der Waals surface area contributed by atoms with E-state index in [1.54, 1.807) is 23.3 Å². The van der Waals surface area contributed by atoms with E-state index in [1.165, 1.54) is 12.0 Å². The van der Waals surface area contributed by atoms with Gasteiger partial charge in [-0.2, -0.15) is 0 Å². The second-order valence-corrected chi connectivity index (χ2v) is 6.58. The van der Waals surface area contributed by atoms with Crippen molar-refractivity contribution in [3.05, 3.63) is 16.1 Å². The second-order valence-electron chi connectivity index (χ2n) is 5.38. The van der Waals surface area contributed by atoms with Crippen LogP contribution in [0.4, 0.5) is 4.79 Å². The van der Waals surface area contributed by atoms with Gasteiger partial charge in [0.25, 0.3) is 0 Å². The predicted octanol–water partition coefficient (Wildman–Crippen LogP) is 1.60. The number of carbonyl (C=O) groups excluding carboxylic acids is 1. The van der Waals surface area contributed by atoms with E-state index in [-0.39, 0.29) is 6.09 Å². The van der Waals surface area contributed by atoms with E-state index in [9.17, 15) is 4.79 Å². The minimum absolute atomic E-state index is 0.249. The average molecular weight is 339 g/mol. The van der Waals surface area contributed by atoms with Gasteiger partial charge in [0, 0.05) is 37.3 Å². The van der Waals surface area contributed by atoms with Gasteiger partial charge in [-0.1, -0.05) is 6.92 Å². The van der Waals surface area contributed by atoms with Crippen LogP contribution >= 0.6 is 11.3 Å². The first-order chi connectivity index (χ1) is 11.2. The van der Waals surface area contributed by atoms with Crippen LogP contribution in [0.3, 0.4) is 0 Å². The molecule has 0 bridgehead atoms.